The first-order chi connectivity index (χ1) is 9.97. The molecule has 0 saturated heterocycles. The Kier molecular flexibility index (Phi) is 5.54. The molecule has 2 aromatic rings. The molecule has 0 bridgehead atoms. The minimum Gasteiger partial charge on any atom is -0.383 e. The van der Waals surface area contributed by atoms with E-state index in [1.54, 1.807) is 18.4 Å². The van der Waals surface area contributed by atoms with E-state index in [1.165, 1.54) is 10.4 Å². The third-order valence-corrected chi connectivity index (χ3v) is 5.19. The molecule has 0 radical (unpaired) electrons. The van der Waals surface area contributed by atoms with Crippen LogP contribution in [-0.2, 0) is 11.3 Å². The van der Waals surface area contributed by atoms with Gasteiger partial charge in [-0.1, -0.05) is 18.5 Å². The molecule has 1 unspecified atom stereocenters. The van der Waals surface area contributed by atoms with Crippen molar-refractivity contribution in [2.24, 2.45) is 0 Å². The molecule has 1 atom stereocenters. The fourth-order valence-corrected chi connectivity index (χ4v) is 3.85. The molecule has 0 aliphatic rings. The summed E-state index contributed by atoms with van der Waals surface area (Å²) in [5.74, 6) is 0.776. The van der Waals surface area contributed by atoms with Crippen molar-refractivity contribution in [1.29, 1.82) is 0 Å². The van der Waals surface area contributed by atoms with Crippen LogP contribution in [0, 0.1) is 13.8 Å². The lowest BCUT2D eigenvalue weighted by Gasteiger charge is -2.26. The molecule has 4 nitrogen and oxygen atoms in total. The maximum atomic E-state index is 6.36. The molecule has 2 heterocycles. The summed E-state index contributed by atoms with van der Waals surface area (Å²) < 4.78 is 5.23. The molecule has 0 aromatic carbocycles. The molecule has 6 heteroatoms. The molecule has 2 rings (SSSR count). The number of nitrogens with zero attached hydrogens (tertiary/aromatic N) is 3. The Morgan fingerprint density at radius 2 is 2.05 bits per heavy atom. The Morgan fingerprint density at radius 3 is 2.67 bits per heavy atom. The molecule has 0 spiro atoms. The lowest BCUT2D eigenvalue weighted by atomic mass is 10.2. The molecule has 116 valence electrons. The van der Waals surface area contributed by atoms with Crippen LogP contribution in [0.3, 0.4) is 0 Å². The standard InChI is InChI=1S/C15H22ClN3OS/c1-6-19(9(2)8-20-5)7-12-17-14(16)13-10(3)11(4)21-15(13)18-12/h9H,6-8H2,1-5H3. The lowest BCUT2D eigenvalue weighted by molar-refractivity contribution is 0.0966. The van der Waals surface area contributed by atoms with Crippen LogP contribution in [0.25, 0.3) is 10.2 Å². The Morgan fingerprint density at radius 1 is 1.33 bits per heavy atom. The summed E-state index contributed by atoms with van der Waals surface area (Å²) in [6.45, 7) is 10.7. The monoisotopic (exact) mass is 327 g/mol. The zero-order valence-corrected chi connectivity index (χ0v) is 14.8. The zero-order valence-electron chi connectivity index (χ0n) is 13.2. The largest absolute Gasteiger partial charge is 0.383 e. The normalized spacial score (nSPS) is 13.3. The van der Waals surface area contributed by atoms with E-state index in [1.807, 2.05) is 0 Å². The van der Waals surface area contributed by atoms with Crippen LogP contribution in [-0.4, -0.2) is 41.2 Å². The number of rotatable bonds is 6. The Balaban J connectivity index is 2.30. The first-order valence-corrected chi connectivity index (χ1v) is 8.32. The van der Waals surface area contributed by atoms with Gasteiger partial charge >= 0.3 is 0 Å². The highest BCUT2D eigenvalue weighted by Crippen LogP contribution is 2.33. The van der Waals surface area contributed by atoms with Gasteiger partial charge in [0.25, 0.3) is 0 Å². The van der Waals surface area contributed by atoms with Gasteiger partial charge in [0.15, 0.2) is 0 Å². The highest BCUT2D eigenvalue weighted by Gasteiger charge is 2.17. The summed E-state index contributed by atoms with van der Waals surface area (Å²) in [6.07, 6.45) is 0. The number of hydrogen-bond donors (Lipinski definition) is 0. The number of ether oxygens (including phenoxy) is 1. The lowest BCUT2D eigenvalue weighted by Crippen LogP contribution is -2.36. The fourth-order valence-electron chi connectivity index (χ4n) is 2.42. The number of methoxy groups -OCH3 is 1. The number of aromatic nitrogens is 2. The SMILES string of the molecule is CCN(Cc1nc(Cl)c2c(C)c(C)sc2n1)C(C)COC. The van der Waals surface area contributed by atoms with E-state index in [4.69, 9.17) is 16.3 Å². The summed E-state index contributed by atoms with van der Waals surface area (Å²) in [4.78, 5) is 13.7. The number of hydrogen-bond acceptors (Lipinski definition) is 5. The van der Waals surface area contributed by atoms with Crippen LogP contribution < -0.4 is 0 Å². The molecule has 2 aromatic heterocycles. The average Bonchev–Trinajstić information content (AvgIpc) is 2.71. The highest BCUT2D eigenvalue weighted by molar-refractivity contribution is 7.18. The van der Waals surface area contributed by atoms with Crippen LogP contribution in [0.5, 0.6) is 0 Å². The molecule has 0 saturated carbocycles. The van der Waals surface area contributed by atoms with Crippen molar-refractivity contribution in [3.8, 4) is 0 Å². The van der Waals surface area contributed by atoms with E-state index < -0.39 is 0 Å². The average molecular weight is 328 g/mol. The number of aryl methyl sites for hydroxylation is 2. The second kappa shape index (κ2) is 7.01. The molecule has 0 aliphatic carbocycles. The van der Waals surface area contributed by atoms with Crippen LogP contribution in [0.4, 0.5) is 0 Å². The van der Waals surface area contributed by atoms with Gasteiger partial charge in [-0.3, -0.25) is 4.90 Å². The molecule has 0 aliphatic heterocycles. The maximum absolute atomic E-state index is 6.36. The van der Waals surface area contributed by atoms with Gasteiger partial charge in [-0.15, -0.1) is 11.3 Å². The topological polar surface area (TPSA) is 38.2 Å². The third-order valence-electron chi connectivity index (χ3n) is 3.81. The van der Waals surface area contributed by atoms with Gasteiger partial charge in [-0.2, -0.15) is 0 Å². The molecule has 0 N–H and O–H groups in total. The molecule has 0 fully saturated rings. The van der Waals surface area contributed by atoms with Crippen molar-refractivity contribution < 1.29 is 4.74 Å². The van der Waals surface area contributed by atoms with Crippen molar-refractivity contribution in [3.63, 3.8) is 0 Å². The van der Waals surface area contributed by atoms with E-state index in [9.17, 15) is 0 Å². The van der Waals surface area contributed by atoms with E-state index in [0.717, 1.165) is 22.6 Å². The molecular formula is C15H22ClN3OS. The van der Waals surface area contributed by atoms with Gasteiger partial charge in [0.05, 0.1) is 18.5 Å². The third kappa shape index (κ3) is 3.54. The van der Waals surface area contributed by atoms with Crippen LogP contribution in [0.1, 0.15) is 30.1 Å². The van der Waals surface area contributed by atoms with Crippen LogP contribution >= 0.6 is 22.9 Å². The second-order valence-corrected chi connectivity index (χ2v) is 6.82. The van der Waals surface area contributed by atoms with E-state index in [2.05, 4.69) is 42.6 Å². The Labute approximate surface area is 135 Å². The first-order valence-electron chi connectivity index (χ1n) is 7.13. The van der Waals surface area contributed by atoms with Crippen LogP contribution in [0.2, 0.25) is 5.15 Å². The number of fused-ring (bicyclic) bond motifs is 1. The van der Waals surface area contributed by atoms with Gasteiger partial charge in [0.1, 0.15) is 15.8 Å². The van der Waals surface area contributed by atoms with Crippen molar-refractivity contribution in [3.05, 3.63) is 21.4 Å². The van der Waals surface area contributed by atoms with Gasteiger partial charge in [-0.25, -0.2) is 9.97 Å². The quantitative estimate of drug-likeness (QED) is 0.756. The Hall–Kier alpha value is -0.750. The number of likely N-dealkylation sites (N-methyl/N-ethyl adjacent to an activating group) is 1. The van der Waals surface area contributed by atoms with Gasteiger partial charge in [0.2, 0.25) is 0 Å². The van der Waals surface area contributed by atoms with Gasteiger partial charge < -0.3 is 4.74 Å². The van der Waals surface area contributed by atoms with E-state index in [0.29, 0.717) is 24.3 Å². The van der Waals surface area contributed by atoms with Crippen LogP contribution in [0.15, 0.2) is 0 Å². The summed E-state index contributed by atoms with van der Waals surface area (Å²) >= 11 is 8.04. The predicted molar refractivity (Wildman–Crippen MR) is 89.3 cm³/mol. The smallest absolute Gasteiger partial charge is 0.145 e. The number of halogens is 1. The van der Waals surface area contributed by atoms with Crippen molar-refractivity contribution in [2.45, 2.75) is 40.3 Å². The van der Waals surface area contributed by atoms with Gasteiger partial charge in [-0.05, 0) is 32.9 Å². The zero-order chi connectivity index (χ0) is 15.6. The molecular weight excluding hydrogens is 306 g/mol. The minimum absolute atomic E-state index is 0.324. The highest BCUT2D eigenvalue weighted by atomic mass is 35.5. The van der Waals surface area contributed by atoms with Crippen molar-refractivity contribution in [1.82, 2.24) is 14.9 Å². The minimum atomic E-state index is 0.324. The van der Waals surface area contributed by atoms with Crippen molar-refractivity contribution >= 4 is 33.2 Å². The Bertz CT molecular complexity index is 629. The fraction of sp³-hybridized carbons (Fsp3) is 0.600. The predicted octanol–water partition coefficient (Wildman–Crippen LogP) is 3.82. The summed E-state index contributed by atoms with van der Waals surface area (Å²) in [6, 6.07) is 0.324. The molecule has 0 amide bonds. The van der Waals surface area contributed by atoms with Gasteiger partial charge in [0, 0.05) is 18.0 Å². The maximum Gasteiger partial charge on any atom is 0.145 e. The number of thiophene rings is 1. The second-order valence-electron chi connectivity index (χ2n) is 5.26. The molecule has 21 heavy (non-hydrogen) atoms. The summed E-state index contributed by atoms with van der Waals surface area (Å²) in [7, 11) is 1.72. The van der Waals surface area contributed by atoms with E-state index >= 15 is 0 Å². The van der Waals surface area contributed by atoms with E-state index in [-0.39, 0.29) is 0 Å². The summed E-state index contributed by atoms with van der Waals surface area (Å²) in [5, 5.41) is 1.56. The van der Waals surface area contributed by atoms with Crippen molar-refractivity contribution in [2.75, 3.05) is 20.3 Å². The summed E-state index contributed by atoms with van der Waals surface area (Å²) in [5.41, 5.74) is 1.19. The first kappa shape index (κ1) is 16.6.